The van der Waals surface area contributed by atoms with Crippen LogP contribution >= 0.6 is 0 Å². The first-order valence-corrected chi connectivity index (χ1v) is 5.55. The van der Waals surface area contributed by atoms with E-state index in [4.69, 9.17) is 5.11 Å². The highest BCUT2D eigenvalue weighted by Crippen LogP contribution is 2.07. The molecule has 92 valence electrons. The van der Waals surface area contributed by atoms with Crippen molar-refractivity contribution < 1.29 is 14.7 Å². The topological polar surface area (TPSA) is 57.6 Å². The molecule has 16 heavy (non-hydrogen) atoms. The number of hydrogen-bond acceptors (Lipinski definition) is 2. The van der Waals surface area contributed by atoms with Crippen molar-refractivity contribution >= 4 is 11.9 Å². The third-order valence-electron chi connectivity index (χ3n) is 2.38. The number of carbonyl (C=O) groups is 2. The van der Waals surface area contributed by atoms with E-state index in [1.165, 1.54) is 0 Å². The molecular weight excluding hydrogens is 206 g/mol. The molecule has 0 heterocycles. The summed E-state index contributed by atoms with van der Waals surface area (Å²) in [6, 6.07) is 0.0717. The molecule has 0 aromatic carbocycles. The number of aliphatic carboxylic acids is 1. The first-order valence-electron chi connectivity index (χ1n) is 5.55. The third-order valence-corrected chi connectivity index (χ3v) is 2.38. The summed E-state index contributed by atoms with van der Waals surface area (Å²) in [4.78, 5) is 23.9. The van der Waals surface area contributed by atoms with E-state index in [2.05, 4.69) is 0 Å². The summed E-state index contributed by atoms with van der Waals surface area (Å²) < 4.78 is 0. The number of carbonyl (C=O) groups excluding carboxylic acids is 1. The molecule has 0 fully saturated rings. The monoisotopic (exact) mass is 227 g/mol. The van der Waals surface area contributed by atoms with Gasteiger partial charge in [-0.05, 0) is 27.2 Å². The lowest BCUT2D eigenvalue weighted by atomic mass is 10.2. The van der Waals surface area contributed by atoms with Gasteiger partial charge in [0.1, 0.15) is 0 Å². The Morgan fingerprint density at radius 2 is 1.94 bits per heavy atom. The van der Waals surface area contributed by atoms with Crippen LogP contribution in [-0.4, -0.2) is 34.5 Å². The maximum Gasteiger partial charge on any atom is 0.305 e. The van der Waals surface area contributed by atoms with Crippen molar-refractivity contribution in [2.24, 2.45) is 0 Å². The van der Waals surface area contributed by atoms with Gasteiger partial charge in [-0.3, -0.25) is 9.59 Å². The number of amides is 1. The zero-order valence-electron chi connectivity index (χ0n) is 10.5. The lowest BCUT2D eigenvalue weighted by Crippen LogP contribution is -2.38. The third kappa shape index (κ3) is 5.53. The Morgan fingerprint density at radius 3 is 2.31 bits per heavy atom. The van der Waals surface area contributed by atoms with Crippen molar-refractivity contribution in [2.75, 3.05) is 6.54 Å². The fraction of sp³-hybridized carbons (Fsp3) is 0.667. The normalized spacial score (nSPS) is 11.8. The van der Waals surface area contributed by atoms with Crippen molar-refractivity contribution in [1.82, 2.24) is 4.90 Å². The summed E-state index contributed by atoms with van der Waals surface area (Å²) in [5.74, 6) is -0.978. The number of hydrogen-bond donors (Lipinski definition) is 1. The Morgan fingerprint density at radius 1 is 1.38 bits per heavy atom. The van der Waals surface area contributed by atoms with Crippen LogP contribution < -0.4 is 0 Å². The number of rotatable bonds is 6. The molecule has 0 aliphatic carbocycles. The molecule has 0 aromatic heterocycles. The summed E-state index contributed by atoms with van der Waals surface area (Å²) in [6.07, 6.45) is 2.36. The van der Waals surface area contributed by atoms with E-state index >= 15 is 0 Å². The van der Waals surface area contributed by atoms with E-state index in [-0.39, 0.29) is 24.9 Å². The molecule has 0 aromatic rings. The van der Waals surface area contributed by atoms with Crippen molar-refractivity contribution in [1.29, 1.82) is 0 Å². The van der Waals surface area contributed by atoms with E-state index in [0.29, 0.717) is 0 Å². The smallest absolute Gasteiger partial charge is 0.305 e. The molecule has 0 saturated carbocycles. The maximum absolute atomic E-state index is 11.8. The number of carboxylic acid groups (broad SMARTS) is 1. The van der Waals surface area contributed by atoms with E-state index in [0.717, 1.165) is 12.0 Å². The second kappa shape index (κ2) is 7.04. The van der Waals surface area contributed by atoms with Gasteiger partial charge >= 0.3 is 5.97 Å². The van der Waals surface area contributed by atoms with Crippen LogP contribution in [0, 0.1) is 0 Å². The summed E-state index contributed by atoms with van der Waals surface area (Å²) >= 11 is 0. The molecule has 0 spiro atoms. The minimum Gasteiger partial charge on any atom is -0.481 e. The van der Waals surface area contributed by atoms with Gasteiger partial charge in [0.2, 0.25) is 5.91 Å². The molecule has 0 bridgehead atoms. The van der Waals surface area contributed by atoms with Gasteiger partial charge in [0.15, 0.2) is 0 Å². The van der Waals surface area contributed by atoms with Gasteiger partial charge in [0, 0.05) is 18.7 Å². The zero-order chi connectivity index (χ0) is 12.7. The highest BCUT2D eigenvalue weighted by Gasteiger charge is 2.17. The highest BCUT2D eigenvalue weighted by molar-refractivity contribution is 5.88. The van der Waals surface area contributed by atoms with E-state index in [9.17, 15) is 9.59 Å². The van der Waals surface area contributed by atoms with Crippen molar-refractivity contribution in [2.45, 2.75) is 46.6 Å². The van der Waals surface area contributed by atoms with E-state index in [1.807, 2.05) is 27.7 Å². The first-order chi connectivity index (χ1) is 7.38. The van der Waals surface area contributed by atoms with Crippen LogP contribution in [-0.2, 0) is 9.59 Å². The minimum atomic E-state index is -0.877. The van der Waals surface area contributed by atoms with Crippen LogP contribution in [0.2, 0.25) is 0 Å². The molecule has 0 radical (unpaired) electrons. The van der Waals surface area contributed by atoms with Crippen molar-refractivity contribution in [3.63, 3.8) is 0 Å². The van der Waals surface area contributed by atoms with Gasteiger partial charge in [0.25, 0.3) is 0 Å². The Labute approximate surface area is 96.9 Å². The molecule has 4 nitrogen and oxygen atoms in total. The Bertz CT molecular complexity index is 280. The van der Waals surface area contributed by atoms with E-state index < -0.39 is 5.97 Å². The molecule has 0 aliphatic heterocycles. The molecule has 0 aliphatic rings. The molecule has 0 saturated heterocycles. The molecule has 4 heteroatoms. The van der Waals surface area contributed by atoms with Gasteiger partial charge in [-0.15, -0.1) is 0 Å². The summed E-state index contributed by atoms with van der Waals surface area (Å²) in [7, 11) is 0. The lowest BCUT2D eigenvalue weighted by molar-refractivity contribution is -0.138. The fourth-order valence-electron chi connectivity index (χ4n) is 1.31. The van der Waals surface area contributed by atoms with Crippen molar-refractivity contribution in [3.05, 3.63) is 11.6 Å². The maximum atomic E-state index is 11.8. The molecule has 1 atom stereocenters. The average molecular weight is 227 g/mol. The SMILES string of the molecule is CCC(C)N(CCC(=O)O)C(=O)C=C(C)C. The van der Waals surface area contributed by atoms with Gasteiger partial charge in [-0.25, -0.2) is 0 Å². The predicted octanol–water partition coefficient (Wildman–Crippen LogP) is 2.05. The van der Waals surface area contributed by atoms with Crippen LogP contribution in [0.5, 0.6) is 0 Å². The lowest BCUT2D eigenvalue weighted by Gasteiger charge is -2.27. The second-order valence-electron chi connectivity index (χ2n) is 4.15. The minimum absolute atomic E-state index is 0.00726. The van der Waals surface area contributed by atoms with E-state index in [1.54, 1.807) is 11.0 Å². The molecule has 1 amide bonds. The second-order valence-corrected chi connectivity index (χ2v) is 4.15. The Balaban J connectivity index is 4.60. The fourth-order valence-corrected chi connectivity index (χ4v) is 1.31. The molecule has 1 N–H and O–H groups in total. The van der Waals surface area contributed by atoms with Crippen molar-refractivity contribution in [3.8, 4) is 0 Å². The number of allylic oxidation sites excluding steroid dienone is 1. The molecule has 1 unspecified atom stereocenters. The molecular formula is C12H21NO3. The van der Waals surface area contributed by atoms with Gasteiger partial charge in [0.05, 0.1) is 6.42 Å². The van der Waals surface area contributed by atoms with Crippen LogP contribution in [0.4, 0.5) is 0 Å². The summed E-state index contributed by atoms with van der Waals surface area (Å²) in [6.45, 7) is 7.88. The standard InChI is InChI=1S/C12H21NO3/c1-5-10(4)13(7-6-12(15)16)11(14)8-9(2)3/h8,10H,5-7H2,1-4H3,(H,15,16). The van der Waals surface area contributed by atoms with Crippen LogP contribution in [0.25, 0.3) is 0 Å². The number of nitrogens with zero attached hydrogens (tertiary/aromatic N) is 1. The Hall–Kier alpha value is -1.32. The van der Waals surface area contributed by atoms with Crippen LogP contribution in [0.3, 0.4) is 0 Å². The van der Waals surface area contributed by atoms with Crippen LogP contribution in [0.1, 0.15) is 40.5 Å². The summed E-state index contributed by atoms with van der Waals surface area (Å²) in [5.41, 5.74) is 0.925. The number of carboxylic acids is 1. The first kappa shape index (κ1) is 14.7. The highest BCUT2D eigenvalue weighted by atomic mass is 16.4. The van der Waals surface area contributed by atoms with Gasteiger partial charge in [-0.1, -0.05) is 12.5 Å². The average Bonchev–Trinajstić information content (AvgIpc) is 2.15. The summed E-state index contributed by atoms with van der Waals surface area (Å²) in [5, 5.41) is 8.63. The molecule has 0 rings (SSSR count). The predicted molar refractivity (Wildman–Crippen MR) is 63.1 cm³/mol. The van der Waals surface area contributed by atoms with Gasteiger partial charge in [-0.2, -0.15) is 0 Å². The Kier molecular flexibility index (Phi) is 6.46. The quantitative estimate of drug-likeness (QED) is 0.706. The van der Waals surface area contributed by atoms with Gasteiger partial charge < -0.3 is 10.0 Å². The largest absolute Gasteiger partial charge is 0.481 e. The zero-order valence-corrected chi connectivity index (χ0v) is 10.5. The van der Waals surface area contributed by atoms with Crippen LogP contribution in [0.15, 0.2) is 11.6 Å².